The van der Waals surface area contributed by atoms with E-state index in [1.165, 1.54) is 31.4 Å². The highest BCUT2D eigenvalue weighted by atomic mass is 35.5. The van der Waals surface area contributed by atoms with E-state index in [0.29, 0.717) is 6.42 Å². The van der Waals surface area contributed by atoms with Crippen LogP contribution in [0.3, 0.4) is 0 Å². The van der Waals surface area contributed by atoms with Crippen LogP contribution in [0.15, 0.2) is 66.7 Å². The van der Waals surface area contributed by atoms with Gasteiger partial charge in [-0.15, -0.1) is 12.4 Å². The summed E-state index contributed by atoms with van der Waals surface area (Å²) in [6, 6.07) is 18.7. The highest BCUT2D eigenvalue weighted by Crippen LogP contribution is 2.46. The lowest BCUT2D eigenvalue weighted by Crippen LogP contribution is -2.37. The minimum Gasteiger partial charge on any atom is -0.489 e. The molecule has 1 saturated carbocycles. The summed E-state index contributed by atoms with van der Waals surface area (Å²) in [4.78, 5) is 14.8. The number of hydrogen-bond acceptors (Lipinski definition) is 4. The molecule has 0 aliphatic heterocycles. The number of carbonyl (C=O) groups excluding carboxylic acids is 1. The van der Waals surface area contributed by atoms with Gasteiger partial charge in [0, 0.05) is 19.0 Å². The van der Waals surface area contributed by atoms with E-state index in [1.807, 2.05) is 39.1 Å². The zero-order valence-electron chi connectivity index (χ0n) is 20.9. The second-order valence-corrected chi connectivity index (χ2v) is 9.32. The van der Waals surface area contributed by atoms with E-state index in [0.717, 1.165) is 34.5 Å². The highest BCUT2D eigenvalue weighted by Gasteiger charge is 2.44. The number of esters is 1. The zero-order valence-corrected chi connectivity index (χ0v) is 21.7. The first-order valence-corrected chi connectivity index (χ1v) is 11.9. The Kier molecular flexibility index (Phi) is 8.96. The summed E-state index contributed by atoms with van der Waals surface area (Å²) in [5.74, 6) is -0.623. The fourth-order valence-corrected chi connectivity index (χ4v) is 5.11. The summed E-state index contributed by atoms with van der Waals surface area (Å²) < 4.78 is 38.4. The Bertz CT molecular complexity index is 1170. The summed E-state index contributed by atoms with van der Waals surface area (Å²) in [6.07, 6.45) is 1.40. The van der Waals surface area contributed by atoms with E-state index in [1.54, 1.807) is 24.3 Å². The van der Waals surface area contributed by atoms with Crippen molar-refractivity contribution in [2.75, 3.05) is 19.1 Å². The van der Waals surface area contributed by atoms with Crippen LogP contribution in [0.4, 0.5) is 14.5 Å². The molecule has 1 fully saturated rings. The van der Waals surface area contributed by atoms with E-state index in [-0.39, 0.29) is 54.0 Å². The van der Waals surface area contributed by atoms with Crippen LogP contribution in [-0.4, -0.2) is 32.3 Å². The molecule has 3 unspecified atom stereocenters. The molecule has 1 aliphatic rings. The first-order chi connectivity index (χ1) is 16.8. The topological polar surface area (TPSA) is 38.8 Å². The van der Waals surface area contributed by atoms with Gasteiger partial charge in [-0.05, 0) is 79.8 Å². The lowest BCUT2D eigenvalue weighted by atomic mass is 9.85. The highest BCUT2D eigenvalue weighted by molar-refractivity contribution is 5.85. The smallest absolute Gasteiger partial charge is 0.309 e. The number of hydrogen-bond donors (Lipinski definition) is 0. The monoisotopic (exact) mass is 515 g/mol. The summed E-state index contributed by atoms with van der Waals surface area (Å²) in [5.41, 5.74) is 3.61. The molecular weight excluding hydrogens is 484 g/mol. The molecule has 4 nitrogen and oxygen atoms in total. The van der Waals surface area contributed by atoms with Gasteiger partial charge in [0.15, 0.2) is 0 Å². The third-order valence-electron chi connectivity index (χ3n) is 6.76. The van der Waals surface area contributed by atoms with Gasteiger partial charge in [0.25, 0.3) is 0 Å². The summed E-state index contributed by atoms with van der Waals surface area (Å²) >= 11 is 0. The van der Waals surface area contributed by atoms with Crippen LogP contribution in [0, 0.1) is 17.6 Å². The Morgan fingerprint density at radius 1 is 0.917 bits per heavy atom. The van der Waals surface area contributed by atoms with Crippen LogP contribution >= 0.6 is 12.4 Å². The first-order valence-electron chi connectivity index (χ1n) is 11.9. The Labute approximate surface area is 217 Å². The van der Waals surface area contributed by atoms with Gasteiger partial charge in [-0.25, -0.2) is 8.78 Å². The van der Waals surface area contributed by atoms with Crippen LogP contribution in [0.25, 0.3) is 11.1 Å². The summed E-state index contributed by atoms with van der Waals surface area (Å²) in [7, 11) is 3.40. The number of carbonyl (C=O) groups is 1. The number of nitrogens with zero attached hydrogens (tertiary/aromatic N) is 1. The minimum atomic E-state index is -0.326. The van der Waals surface area contributed by atoms with Crippen LogP contribution in [0.1, 0.15) is 38.2 Å². The van der Waals surface area contributed by atoms with Gasteiger partial charge >= 0.3 is 5.97 Å². The first kappa shape index (κ1) is 27.5. The summed E-state index contributed by atoms with van der Waals surface area (Å²) in [6.45, 7) is 3.95. The van der Waals surface area contributed by atoms with Crippen molar-refractivity contribution in [2.24, 2.45) is 5.92 Å². The van der Waals surface area contributed by atoms with E-state index < -0.39 is 0 Å². The van der Waals surface area contributed by atoms with Gasteiger partial charge in [0.1, 0.15) is 17.4 Å². The molecule has 1 aliphatic carbocycles. The van der Waals surface area contributed by atoms with E-state index >= 15 is 0 Å². The molecule has 7 heteroatoms. The maximum atomic E-state index is 13.7. The Balaban J connectivity index is 0.00000361. The van der Waals surface area contributed by atoms with Gasteiger partial charge in [0.2, 0.25) is 0 Å². The van der Waals surface area contributed by atoms with Crippen molar-refractivity contribution >= 4 is 24.1 Å². The Hall–Kier alpha value is -3.12. The third kappa shape index (κ3) is 5.81. The molecule has 0 heterocycles. The molecule has 4 rings (SSSR count). The van der Waals surface area contributed by atoms with Crippen molar-refractivity contribution in [1.29, 1.82) is 0 Å². The van der Waals surface area contributed by atoms with Crippen LogP contribution < -0.4 is 9.64 Å². The molecule has 0 spiro atoms. The Morgan fingerprint density at radius 2 is 1.50 bits per heavy atom. The maximum absolute atomic E-state index is 13.7. The van der Waals surface area contributed by atoms with Crippen LogP contribution in [0.5, 0.6) is 5.75 Å². The maximum Gasteiger partial charge on any atom is 0.309 e. The fourth-order valence-electron chi connectivity index (χ4n) is 5.11. The molecule has 3 aromatic carbocycles. The quantitative estimate of drug-likeness (QED) is 0.317. The number of rotatable bonds is 7. The van der Waals surface area contributed by atoms with E-state index in [2.05, 4.69) is 4.90 Å². The lowest BCUT2D eigenvalue weighted by Gasteiger charge is -2.35. The zero-order chi connectivity index (χ0) is 25.1. The van der Waals surface area contributed by atoms with Gasteiger partial charge < -0.3 is 14.4 Å². The van der Waals surface area contributed by atoms with E-state index in [9.17, 15) is 13.6 Å². The number of anilines is 1. The lowest BCUT2D eigenvalue weighted by molar-refractivity contribution is -0.145. The number of benzene rings is 3. The standard InChI is InChI=1S/C29H31F2NO3.ClH/c1-18(2)35-27-16-9-21(19-5-10-22(30)11-6-19)17-26(27)32(3)25-15-14-24(29(33)34-4)28(25)20-7-12-23(31)13-8-20;/h5-13,16-18,24-25,28H,14-15H2,1-4H3;1H. The number of likely N-dealkylation sites (N-methyl/N-ethyl adjacent to an activating group) is 1. The van der Waals surface area contributed by atoms with Crippen molar-refractivity contribution in [1.82, 2.24) is 0 Å². The minimum absolute atomic E-state index is 0. The molecule has 3 atom stereocenters. The van der Waals surface area contributed by atoms with Crippen molar-refractivity contribution in [3.8, 4) is 16.9 Å². The predicted molar refractivity (Wildman–Crippen MR) is 141 cm³/mol. The van der Waals surface area contributed by atoms with Gasteiger partial charge in [-0.2, -0.15) is 0 Å². The molecule has 0 aromatic heterocycles. The van der Waals surface area contributed by atoms with Gasteiger partial charge in [-0.1, -0.05) is 30.3 Å². The molecule has 192 valence electrons. The molecule has 0 amide bonds. The van der Waals surface area contributed by atoms with Crippen molar-refractivity contribution in [2.45, 2.75) is 44.8 Å². The van der Waals surface area contributed by atoms with Crippen LogP contribution in [-0.2, 0) is 9.53 Å². The molecule has 0 N–H and O–H groups in total. The Morgan fingerprint density at radius 3 is 2.08 bits per heavy atom. The second-order valence-electron chi connectivity index (χ2n) is 9.32. The fraction of sp³-hybridized carbons (Fsp3) is 0.345. The number of halogens is 3. The van der Waals surface area contributed by atoms with Crippen LogP contribution in [0.2, 0.25) is 0 Å². The predicted octanol–water partition coefficient (Wildman–Crippen LogP) is 7.01. The number of methoxy groups -OCH3 is 1. The SMILES string of the molecule is COC(=O)C1CCC(N(C)c2cc(-c3ccc(F)cc3)ccc2OC(C)C)C1c1ccc(F)cc1.Cl. The van der Waals surface area contributed by atoms with Gasteiger partial charge in [-0.3, -0.25) is 4.79 Å². The van der Waals surface area contributed by atoms with Crippen molar-refractivity contribution in [3.05, 3.63) is 83.9 Å². The molecule has 0 bridgehead atoms. The second kappa shape index (κ2) is 11.7. The normalized spacial score (nSPS) is 19.0. The average Bonchev–Trinajstić information content (AvgIpc) is 3.29. The van der Waals surface area contributed by atoms with Gasteiger partial charge in [0.05, 0.1) is 24.8 Å². The molecule has 0 radical (unpaired) electrons. The average molecular weight is 516 g/mol. The summed E-state index contributed by atoms with van der Waals surface area (Å²) in [5, 5.41) is 0. The van der Waals surface area contributed by atoms with Crippen molar-refractivity contribution in [3.63, 3.8) is 0 Å². The molecule has 3 aromatic rings. The molecule has 0 saturated heterocycles. The largest absolute Gasteiger partial charge is 0.489 e. The molecular formula is C29H32ClF2NO3. The van der Waals surface area contributed by atoms with E-state index in [4.69, 9.17) is 9.47 Å². The van der Waals surface area contributed by atoms with Crippen molar-refractivity contribution < 1.29 is 23.0 Å². The third-order valence-corrected chi connectivity index (χ3v) is 6.76. The number of ether oxygens (including phenoxy) is 2. The molecule has 36 heavy (non-hydrogen) atoms.